The van der Waals surface area contributed by atoms with E-state index in [4.69, 9.17) is 0 Å². The molecule has 2 aromatic carbocycles. The van der Waals surface area contributed by atoms with Crippen LogP contribution in [-0.2, 0) is 6.54 Å². The largest absolute Gasteiger partial charge is 0.508 e. The molecule has 0 fully saturated rings. The molecule has 0 bridgehead atoms. The van der Waals surface area contributed by atoms with Crippen molar-refractivity contribution < 1.29 is 15.0 Å². The monoisotopic (exact) mass is 336 g/mol. The van der Waals surface area contributed by atoms with Crippen LogP contribution in [0.3, 0.4) is 0 Å². The number of phenols is 2. The van der Waals surface area contributed by atoms with Crippen molar-refractivity contribution in [2.45, 2.75) is 6.54 Å². The number of carbonyl (C=O) groups is 1. The van der Waals surface area contributed by atoms with Gasteiger partial charge < -0.3 is 20.8 Å². The second-order valence-electron chi connectivity index (χ2n) is 4.17. The Morgan fingerprint density at radius 2 is 1.65 bits per heavy atom. The van der Waals surface area contributed by atoms with Crippen LogP contribution in [0.25, 0.3) is 0 Å². The number of nitrogens with one attached hydrogen (secondary N) is 2. The van der Waals surface area contributed by atoms with E-state index in [0.717, 1.165) is 10.0 Å². The van der Waals surface area contributed by atoms with Gasteiger partial charge in [0, 0.05) is 34.9 Å². The molecule has 0 heterocycles. The van der Waals surface area contributed by atoms with Gasteiger partial charge in [-0.1, -0.05) is 28.1 Å². The first-order valence-electron chi connectivity index (χ1n) is 5.85. The number of urea groups is 1. The molecule has 0 spiro atoms. The number of hydrogen-bond donors (Lipinski definition) is 4. The first kappa shape index (κ1) is 14.2. The summed E-state index contributed by atoms with van der Waals surface area (Å²) in [4.78, 5) is 11.7. The Morgan fingerprint density at radius 1 is 1.05 bits per heavy atom. The summed E-state index contributed by atoms with van der Waals surface area (Å²) in [5.74, 6) is -0.235. The lowest BCUT2D eigenvalue weighted by molar-refractivity contribution is 0.251. The van der Waals surface area contributed by atoms with E-state index in [-0.39, 0.29) is 11.5 Å². The van der Waals surface area contributed by atoms with Gasteiger partial charge in [-0.2, -0.15) is 0 Å². The maximum absolute atomic E-state index is 11.7. The summed E-state index contributed by atoms with van der Waals surface area (Å²) < 4.78 is 0.973. The molecule has 0 radical (unpaired) electrons. The molecule has 0 unspecified atom stereocenters. The summed E-state index contributed by atoms with van der Waals surface area (Å²) >= 11 is 3.34. The number of rotatable bonds is 3. The number of benzene rings is 2. The third kappa shape index (κ3) is 4.17. The molecule has 0 aliphatic carbocycles. The molecular formula is C14H13BrN2O3. The molecule has 104 valence electrons. The molecule has 0 saturated carbocycles. The van der Waals surface area contributed by atoms with Crippen LogP contribution in [0.4, 0.5) is 10.5 Å². The van der Waals surface area contributed by atoms with Crippen molar-refractivity contribution in [2.75, 3.05) is 5.32 Å². The fourth-order valence-electron chi connectivity index (χ4n) is 1.63. The fourth-order valence-corrected chi connectivity index (χ4v) is 1.89. The highest BCUT2D eigenvalue weighted by molar-refractivity contribution is 9.10. The van der Waals surface area contributed by atoms with Crippen molar-refractivity contribution in [3.63, 3.8) is 0 Å². The molecule has 0 aliphatic heterocycles. The van der Waals surface area contributed by atoms with Gasteiger partial charge in [-0.05, 0) is 17.7 Å². The van der Waals surface area contributed by atoms with Crippen molar-refractivity contribution in [1.82, 2.24) is 5.32 Å². The average molecular weight is 337 g/mol. The van der Waals surface area contributed by atoms with E-state index in [0.29, 0.717) is 12.2 Å². The minimum absolute atomic E-state index is 0.117. The van der Waals surface area contributed by atoms with E-state index < -0.39 is 6.03 Å². The number of amides is 2. The number of anilines is 1. The third-order valence-electron chi connectivity index (χ3n) is 2.53. The van der Waals surface area contributed by atoms with Crippen molar-refractivity contribution in [3.8, 4) is 11.5 Å². The van der Waals surface area contributed by atoms with Crippen LogP contribution in [0.5, 0.6) is 11.5 Å². The van der Waals surface area contributed by atoms with E-state index in [9.17, 15) is 15.0 Å². The molecule has 4 N–H and O–H groups in total. The number of phenolic OH excluding ortho intramolecular Hbond substituents is 2. The topological polar surface area (TPSA) is 81.6 Å². The summed E-state index contributed by atoms with van der Waals surface area (Å²) in [5, 5.41) is 23.8. The van der Waals surface area contributed by atoms with Crippen LogP contribution >= 0.6 is 15.9 Å². The highest BCUT2D eigenvalue weighted by Gasteiger charge is 2.04. The minimum Gasteiger partial charge on any atom is -0.508 e. The number of hydrogen-bond acceptors (Lipinski definition) is 3. The van der Waals surface area contributed by atoms with Gasteiger partial charge in [0.15, 0.2) is 0 Å². The summed E-state index contributed by atoms with van der Waals surface area (Å²) in [6, 6.07) is 11.0. The molecule has 5 nitrogen and oxygen atoms in total. The zero-order valence-electron chi connectivity index (χ0n) is 10.4. The molecule has 6 heteroatoms. The van der Waals surface area contributed by atoms with E-state index in [1.165, 1.54) is 18.2 Å². The SMILES string of the molecule is O=C(NCc1ccc(Br)cc1)Nc1cc(O)cc(O)c1. The van der Waals surface area contributed by atoms with Crippen LogP contribution in [0.15, 0.2) is 46.9 Å². The maximum atomic E-state index is 11.7. The zero-order chi connectivity index (χ0) is 14.5. The lowest BCUT2D eigenvalue weighted by Crippen LogP contribution is -2.28. The van der Waals surface area contributed by atoms with E-state index >= 15 is 0 Å². The van der Waals surface area contributed by atoms with Crippen molar-refractivity contribution >= 4 is 27.6 Å². The number of halogens is 1. The molecule has 0 saturated heterocycles. The highest BCUT2D eigenvalue weighted by atomic mass is 79.9. The summed E-state index contributed by atoms with van der Waals surface area (Å²) in [6.07, 6.45) is 0. The number of carbonyl (C=O) groups excluding carboxylic acids is 1. The molecule has 2 rings (SSSR count). The Labute approximate surface area is 124 Å². The Hall–Kier alpha value is -2.21. The smallest absolute Gasteiger partial charge is 0.319 e. The predicted molar refractivity (Wildman–Crippen MR) is 79.8 cm³/mol. The Bertz CT molecular complexity index is 594. The number of aromatic hydroxyl groups is 2. The van der Waals surface area contributed by atoms with Crippen LogP contribution in [0, 0.1) is 0 Å². The lowest BCUT2D eigenvalue weighted by atomic mass is 10.2. The standard InChI is InChI=1S/C14H13BrN2O3/c15-10-3-1-9(2-4-10)8-16-14(20)17-11-5-12(18)7-13(19)6-11/h1-7,18-19H,8H2,(H2,16,17,20). The van der Waals surface area contributed by atoms with Gasteiger partial charge in [-0.3, -0.25) is 0 Å². The average Bonchev–Trinajstić information content (AvgIpc) is 2.37. The van der Waals surface area contributed by atoms with Gasteiger partial charge in [-0.15, -0.1) is 0 Å². The van der Waals surface area contributed by atoms with Gasteiger partial charge >= 0.3 is 6.03 Å². The second kappa shape index (κ2) is 6.29. The van der Waals surface area contributed by atoms with Crippen LogP contribution < -0.4 is 10.6 Å². The first-order chi connectivity index (χ1) is 9.52. The Balaban J connectivity index is 1.90. The molecule has 0 atom stereocenters. The zero-order valence-corrected chi connectivity index (χ0v) is 12.0. The normalized spacial score (nSPS) is 10.1. The minimum atomic E-state index is -0.419. The van der Waals surface area contributed by atoms with Crippen molar-refractivity contribution in [2.24, 2.45) is 0 Å². The van der Waals surface area contributed by atoms with Gasteiger partial charge in [0.25, 0.3) is 0 Å². The van der Waals surface area contributed by atoms with Crippen LogP contribution in [0.2, 0.25) is 0 Å². The van der Waals surface area contributed by atoms with E-state index in [1.54, 1.807) is 0 Å². The Morgan fingerprint density at radius 3 is 2.25 bits per heavy atom. The third-order valence-corrected chi connectivity index (χ3v) is 3.06. The Kier molecular flexibility index (Phi) is 4.47. The molecule has 2 amide bonds. The van der Waals surface area contributed by atoms with Gasteiger partial charge in [0.05, 0.1) is 0 Å². The molecule has 20 heavy (non-hydrogen) atoms. The van der Waals surface area contributed by atoms with Gasteiger partial charge in [0.1, 0.15) is 11.5 Å². The lowest BCUT2D eigenvalue weighted by Gasteiger charge is -2.08. The van der Waals surface area contributed by atoms with E-state index in [1.807, 2.05) is 24.3 Å². The van der Waals surface area contributed by atoms with E-state index in [2.05, 4.69) is 26.6 Å². The van der Waals surface area contributed by atoms with Crippen molar-refractivity contribution in [1.29, 1.82) is 0 Å². The quantitative estimate of drug-likeness (QED) is 0.694. The fraction of sp³-hybridized carbons (Fsp3) is 0.0714. The molecule has 0 aromatic heterocycles. The summed E-state index contributed by atoms with van der Waals surface area (Å²) in [5.41, 5.74) is 1.28. The van der Waals surface area contributed by atoms with Crippen LogP contribution in [-0.4, -0.2) is 16.2 Å². The summed E-state index contributed by atoms with van der Waals surface area (Å²) in [6.45, 7) is 0.379. The molecular weight excluding hydrogens is 324 g/mol. The summed E-state index contributed by atoms with van der Waals surface area (Å²) in [7, 11) is 0. The predicted octanol–water partition coefficient (Wildman–Crippen LogP) is 3.18. The van der Waals surface area contributed by atoms with Crippen molar-refractivity contribution in [3.05, 3.63) is 52.5 Å². The second-order valence-corrected chi connectivity index (χ2v) is 5.09. The molecule has 2 aromatic rings. The highest BCUT2D eigenvalue weighted by Crippen LogP contribution is 2.23. The molecule has 0 aliphatic rings. The van der Waals surface area contributed by atoms with Crippen LogP contribution in [0.1, 0.15) is 5.56 Å². The van der Waals surface area contributed by atoms with Gasteiger partial charge in [0.2, 0.25) is 0 Å². The van der Waals surface area contributed by atoms with Gasteiger partial charge in [-0.25, -0.2) is 4.79 Å². The maximum Gasteiger partial charge on any atom is 0.319 e. The first-order valence-corrected chi connectivity index (χ1v) is 6.64.